The summed E-state index contributed by atoms with van der Waals surface area (Å²) in [6.45, 7) is 3.96. The van der Waals surface area contributed by atoms with Gasteiger partial charge < -0.3 is 5.32 Å². The number of piperidine rings is 1. The second kappa shape index (κ2) is 5.61. The molecule has 0 radical (unpaired) electrons. The predicted octanol–water partition coefficient (Wildman–Crippen LogP) is 3.56. The third-order valence-corrected chi connectivity index (χ3v) is 6.82. The van der Waals surface area contributed by atoms with Crippen molar-refractivity contribution in [2.75, 3.05) is 19.6 Å². The van der Waals surface area contributed by atoms with E-state index in [1.165, 1.54) is 71.0 Å². The third-order valence-electron chi connectivity index (χ3n) is 6.82. The maximum atomic E-state index is 3.53. The van der Waals surface area contributed by atoms with E-state index in [-0.39, 0.29) is 0 Å². The van der Waals surface area contributed by atoms with Crippen molar-refractivity contribution in [1.29, 1.82) is 0 Å². The first-order chi connectivity index (χ1) is 9.87. The zero-order valence-electron chi connectivity index (χ0n) is 13.1. The summed E-state index contributed by atoms with van der Waals surface area (Å²) in [5, 5.41) is 3.53. The summed E-state index contributed by atoms with van der Waals surface area (Å²) in [6, 6.07) is 1.96. The Morgan fingerprint density at radius 2 is 1.60 bits per heavy atom. The van der Waals surface area contributed by atoms with Gasteiger partial charge in [0.1, 0.15) is 0 Å². The summed E-state index contributed by atoms with van der Waals surface area (Å²) in [7, 11) is 0. The topological polar surface area (TPSA) is 15.3 Å². The summed E-state index contributed by atoms with van der Waals surface area (Å²) in [5.74, 6) is 0.984. The van der Waals surface area contributed by atoms with Crippen molar-refractivity contribution >= 4 is 0 Å². The Morgan fingerprint density at radius 3 is 2.20 bits per heavy atom. The van der Waals surface area contributed by atoms with Crippen molar-refractivity contribution in [3.05, 3.63) is 0 Å². The highest BCUT2D eigenvalue weighted by Gasteiger charge is 2.52. The van der Waals surface area contributed by atoms with Crippen LogP contribution in [0.4, 0.5) is 0 Å². The van der Waals surface area contributed by atoms with Gasteiger partial charge in [-0.2, -0.15) is 0 Å². The molecule has 1 saturated heterocycles. The van der Waals surface area contributed by atoms with E-state index < -0.39 is 0 Å². The Labute approximate surface area is 124 Å². The molecule has 2 nitrogen and oxygen atoms in total. The van der Waals surface area contributed by atoms with Gasteiger partial charge in [-0.15, -0.1) is 0 Å². The first-order valence-electron chi connectivity index (χ1n) is 9.34. The zero-order chi connectivity index (χ0) is 13.4. The van der Waals surface area contributed by atoms with Crippen LogP contribution in [0, 0.1) is 11.3 Å². The van der Waals surface area contributed by atoms with Crippen LogP contribution in [0.5, 0.6) is 0 Å². The van der Waals surface area contributed by atoms with Crippen LogP contribution in [0.2, 0.25) is 0 Å². The predicted molar refractivity (Wildman–Crippen MR) is 83.9 cm³/mol. The summed E-state index contributed by atoms with van der Waals surface area (Å²) in [5.41, 5.74) is 0.772. The van der Waals surface area contributed by atoms with Crippen molar-refractivity contribution < 1.29 is 0 Å². The largest absolute Gasteiger partial charge is 0.317 e. The fraction of sp³-hybridized carbons (Fsp3) is 1.00. The average molecular weight is 276 g/mol. The maximum absolute atomic E-state index is 3.53. The van der Waals surface area contributed by atoms with Gasteiger partial charge in [-0.1, -0.05) is 19.3 Å². The minimum absolute atomic E-state index is 0.772. The van der Waals surface area contributed by atoms with Gasteiger partial charge in [0.05, 0.1) is 0 Å². The van der Waals surface area contributed by atoms with Crippen LogP contribution < -0.4 is 5.32 Å². The van der Waals surface area contributed by atoms with Gasteiger partial charge in [0, 0.05) is 18.6 Å². The molecule has 114 valence electrons. The molecule has 20 heavy (non-hydrogen) atoms. The Kier molecular flexibility index (Phi) is 3.80. The third kappa shape index (κ3) is 2.54. The van der Waals surface area contributed by atoms with Crippen LogP contribution in [0.3, 0.4) is 0 Å². The van der Waals surface area contributed by atoms with Gasteiger partial charge in [-0.3, -0.25) is 4.90 Å². The molecule has 1 atom stereocenters. The SMILES string of the molecule is C1CCC2(CC1)CCC2N(CC1CCNCC1)C1CC1. The molecule has 4 fully saturated rings. The highest BCUT2D eigenvalue weighted by Crippen LogP contribution is 2.55. The lowest BCUT2D eigenvalue weighted by atomic mass is 9.56. The Morgan fingerprint density at radius 1 is 0.850 bits per heavy atom. The molecular weight excluding hydrogens is 244 g/mol. The fourth-order valence-corrected chi connectivity index (χ4v) is 5.34. The molecule has 1 N–H and O–H groups in total. The smallest absolute Gasteiger partial charge is 0.0155 e. The van der Waals surface area contributed by atoms with E-state index in [0.717, 1.165) is 23.4 Å². The molecule has 0 aromatic rings. The van der Waals surface area contributed by atoms with Gasteiger partial charge in [0.2, 0.25) is 0 Å². The Hall–Kier alpha value is -0.0800. The number of nitrogens with one attached hydrogen (secondary N) is 1. The summed E-state index contributed by atoms with van der Waals surface area (Å²) in [6.07, 6.45) is 16.5. The highest BCUT2D eigenvalue weighted by molar-refractivity contribution is 5.06. The molecule has 2 heteroatoms. The molecule has 0 bridgehead atoms. The summed E-state index contributed by atoms with van der Waals surface area (Å²) >= 11 is 0. The van der Waals surface area contributed by atoms with Gasteiger partial charge in [-0.25, -0.2) is 0 Å². The molecule has 1 heterocycles. The van der Waals surface area contributed by atoms with Crippen molar-refractivity contribution in [2.24, 2.45) is 11.3 Å². The van der Waals surface area contributed by atoms with E-state index in [4.69, 9.17) is 0 Å². The lowest BCUT2D eigenvalue weighted by molar-refractivity contribution is -0.0636. The van der Waals surface area contributed by atoms with Crippen LogP contribution in [-0.4, -0.2) is 36.6 Å². The zero-order valence-corrected chi connectivity index (χ0v) is 13.1. The quantitative estimate of drug-likeness (QED) is 0.844. The number of rotatable bonds is 4. The molecule has 4 rings (SSSR count). The minimum atomic E-state index is 0.772. The van der Waals surface area contributed by atoms with Gasteiger partial charge >= 0.3 is 0 Å². The number of hydrogen-bond donors (Lipinski definition) is 1. The average Bonchev–Trinajstić information content (AvgIpc) is 3.32. The van der Waals surface area contributed by atoms with Gasteiger partial charge in [0.15, 0.2) is 0 Å². The van der Waals surface area contributed by atoms with E-state index in [9.17, 15) is 0 Å². The molecule has 4 aliphatic rings. The van der Waals surface area contributed by atoms with E-state index in [1.807, 2.05) is 0 Å². The minimum Gasteiger partial charge on any atom is -0.317 e. The van der Waals surface area contributed by atoms with Crippen LogP contribution >= 0.6 is 0 Å². The Bertz CT molecular complexity index is 324. The molecule has 0 aromatic heterocycles. The monoisotopic (exact) mass is 276 g/mol. The van der Waals surface area contributed by atoms with E-state index in [1.54, 1.807) is 19.3 Å². The van der Waals surface area contributed by atoms with Gasteiger partial charge in [-0.05, 0) is 75.8 Å². The molecule has 0 aromatic carbocycles. The molecule has 3 saturated carbocycles. The normalized spacial score (nSPS) is 34.4. The summed E-state index contributed by atoms with van der Waals surface area (Å²) < 4.78 is 0. The van der Waals surface area contributed by atoms with Crippen LogP contribution in [0.15, 0.2) is 0 Å². The van der Waals surface area contributed by atoms with Crippen molar-refractivity contribution in [3.8, 4) is 0 Å². The number of nitrogens with zero attached hydrogens (tertiary/aromatic N) is 1. The fourth-order valence-electron chi connectivity index (χ4n) is 5.34. The van der Waals surface area contributed by atoms with E-state index in [2.05, 4.69) is 10.2 Å². The van der Waals surface area contributed by atoms with E-state index in [0.29, 0.717) is 0 Å². The lowest BCUT2D eigenvalue weighted by Crippen LogP contribution is -2.58. The van der Waals surface area contributed by atoms with Crippen molar-refractivity contribution in [2.45, 2.75) is 82.7 Å². The standard InChI is InChI=1S/C18H32N2/c1-2-9-18(10-3-1)11-6-17(18)20(16-4-5-16)14-15-7-12-19-13-8-15/h15-17,19H,1-14H2. The number of hydrogen-bond acceptors (Lipinski definition) is 2. The van der Waals surface area contributed by atoms with Crippen LogP contribution in [0.1, 0.15) is 70.6 Å². The maximum Gasteiger partial charge on any atom is 0.0155 e. The van der Waals surface area contributed by atoms with Gasteiger partial charge in [0.25, 0.3) is 0 Å². The van der Waals surface area contributed by atoms with Crippen molar-refractivity contribution in [3.63, 3.8) is 0 Å². The van der Waals surface area contributed by atoms with Crippen LogP contribution in [-0.2, 0) is 0 Å². The molecule has 3 aliphatic carbocycles. The van der Waals surface area contributed by atoms with Crippen molar-refractivity contribution in [1.82, 2.24) is 10.2 Å². The second-order valence-electron chi connectivity index (χ2n) is 8.10. The summed E-state index contributed by atoms with van der Waals surface area (Å²) in [4.78, 5) is 3.02. The molecule has 1 unspecified atom stereocenters. The molecular formula is C18H32N2. The molecule has 0 amide bonds. The molecule has 1 aliphatic heterocycles. The first-order valence-corrected chi connectivity index (χ1v) is 9.34. The highest BCUT2D eigenvalue weighted by atomic mass is 15.2. The lowest BCUT2D eigenvalue weighted by Gasteiger charge is -2.57. The Balaban J connectivity index is 1.42. The van der Waals surface area contributed by atoms with E-state index >= 15 is 0 Å². The van der Waals surface area contributed by atoms with Crippen LogP contribution in [0.25, 0.3) is 0 Å². The molecule has 1 spiro atoms. The first kappa shape index (κ1) is 13.6. The second-order valence-corrected chi connectivity index (χ2v) is 8.10.